The molecule has 18 heavy (non-hydrogen) atoms. The van der Waals surface area contributed by atoms with Crippen LogP contribution in [0.25, 0.3) is 0 Å². The van der Waals surface area contributed by atoms with Gasteiger partial charge in [-0.05, 0) is 20.8 Å². The number of carbonyl (C=O) groups is 1. The zero-order chi connectivity index (χ0) is 13.9. The van der Waals surface area contributed by atoms with Crippen molar-refractivity contribution in [3.63, 3.8) is 0 Å². The van der Waals surface area contributed by atoms with Crippen LogP contribution < -0.4 is 10.5 Å². The predicted octanol–water partition coefficient (Wildman–Crippen LogP) is 0.607. The molecule has 0 saturated carbocycles. The molecule has 0 aliphatic rings. The Balaban J connectivity index is 3.12. The first-order valence-corrected chi connectivity index (χ1v) is 5.63. The van der Waals surface area contributed by atoms with Gasteiger partial charge in [0.2, 0.25) is 0 Å². The number of rotatable bonds is 3. The lowest BCUT2D eigenvalue weighted by Crippen LogP contribution is -2.39. The lowest BCUT2D eigenvalue weighted by atomic mass is 10.1. The standard InChI is InChI=1S/C12H19N3O3/c1-12(2,3)15-7-6-13-10(11(15)17)14(4)8-9(16)18-5/h6-7H,8H2,1-5H3. The molecule has 6 heteroatoms. The number of ether oxygens (including phenoxy) is 1. The molecule has 0 unspecified atom stereocenters. The molecule has 1 heterocycles. The van der Waals surface area contributed by atoms with Gasteiger partial charge in [0.1, 0.15) is 6.54 Å². The van der Waals surface area contributed by atoms with Crippen LogP contribution in [-0.2, 0) is 15.1 Å². The summed E-state index contributed by atoms with van der Waals surface area (Å²) in [6, 6.07) is 0. The molecule has 0 aliphatic heterocycles. The van der Waals surface area contributed by atoms with E-state index in [1.54, 1.807) is 24.0 Å². The van der Waals surface area contributed by atoms with Crippen LogP contribution in [0.4, 0.5) is 5.82 Å². The van der Waals surface area contributed by atoms with Crippen molar-refractivity contribution in [1.82, 2.24) is 9.55 Å². The Bertz CT molecular complexity index is 488. The maximum atomic E-state index is 12.2. The number of esters is 1. The number of hydrogen-bond acceptors (Lipinski definition) is 5. The van der Waals surface area contributed by atoms with Crippen molar-refractivity contribution >= 4 is 11.8 Å². The summed E-state index contributed by atoms with van der Waals surface area (Å²) in [7, 11) is 2.94. The molecule has 1 aromatic heterocycles. The van der Waals surface area contributed by atoms with Crippen molar-refractivity contribution in [3.05, 3.63) is 22.7 Å². The van der Waals surface area contributed by atoms with E-state index < -0.39 is 5.97 Å². The normalized spacial score (nSPS) is 11.2. The average Bonchev–Trinajstić information content (AvgIpc) is 2.27. The second-order valence-electron chi connectivity index (χ2n) is 5.03. The first-order valence-electron chi connectivity index (χ1n) is 5.63. The first kappa shape index (κ1) is 14.2. The van der Waals surface area contributed by atoms with Gasteiger partial charge < -0.3 is 14.2 Å². The van der Waals surface area contributed by atoms with Gasteiger partial charge in [-0.2, -0.15) is 0 Å². The van der Waals surface area contributed by atoms with Gasteiger partial charge in [-0.25, -0.2) is 4.98 Å². The van der Waals surface area contributed by atoms with Crippen LogP contribution >= 0.6 is 0 Å². The molecule has 100 valence electrons. The molecule has 1 rings (SSSR count). The molecule has 6 nitrogen and oxygen atoms in total. The summed E-state index contributed by atoms with van der Waals surface area (Å²) in [6.45, 7) is 5.78. The monoisotopic (exact) mass is 253 g/mol. The summed E-state index contributed by atoms with van der Waals surface area (Å²) in [5.74, 6) is -0.178. The van der Waals surface area contributed by atoms with Gasteiger partial charge in [0, 0.05) is 25.0 Å². The fourth-order valence-corrected chi connectivity index (χ4v) is 1.52. The Morgan fingerprint density at radius 2 is 2.11 bits per heavy atom. The average molecular weight is 253 g/mol. The molecule has 0 aliphatic carbocycles. The van der Waals surface area contributed by atoms with Gasteiger partial charge in [0.25, 0.3) is 5.56 Å². The molecular formula is C12H19N3O3. The Morgan fingerprint density at radius 3 is 2.61 bits per heavy atom. The van der Waals surface area contributed by atoms with E-state index >= 15 is 0 Å². The largest absolute Gasteiger partial charge is 0.468 e. The van der Waals surface area contributed by atoms with Crippen LogP contribution in [0.1, 0.15) is 20.8 Å². The van der Waals surface area contributed by atoms with Crippen molar-refractivity contribution in [1.29, 1.82) is 0 Å². The van der Waals surface area contributed by atoms with E-state index in [-0.39, 0.29) is 23.5 Å². The molecule has 0 atom stereocenters. The smallest absolute Gasteiger partial charge is 0.325 e. The molecular weight excluding hydrogens is 234 g/mol. The highest BCUT2D eigenvalue weighted by Gasteiger charge is 2.19. The second kappa shape index (κ2) is 5.20. The maximum absolute atomic E-state index is 12.2. The summed E-state index contributed by atoms with van der Waals surface area (Å²) in [5.41, 5.74) is -0.558. The molecule has 0 amide bonds. The minimum absolute atomic E-state index is 0.00705. The fraction of sp³-hybridized carbons (Fsp3) is 0.583. The minimum atomic E-state index is -0.412. The van der Waals surface area contributed by atoms with Crippen LogP contribution in [0.2, 0.25) is 0 Å². The van der Waals surface area contributed by atoms with Crippen LogP contribution in [0, 0.1) is 0 Å². The van der Waals surface area contributed by atoms with E-state index in [4.69, 9.17) is 0 Å². The molecule has 0 N–H and O–H groups in total. The lowest BCUT2D eigenvalue weighted by Gasteiger charge is -2.24. The number of carbonyl (C=O) groups excluding carboxylic acids is 1. The summed E-state index contributed by atoms with van der Waals surface area (Å²) < 4.78 is 6.15. The van der Waals surface area contributed by atoms with Crippen LogP contribution in [0.5, 0.6) is 0 Å². The van der Waals surface area contributed by atoms with Gasteiger partial charge in [-0.15, -0.1) is 0 Å². The highest BCUT2D eigenvalue weighted by Crippen LogP contribution is 2.11. The predicted molar refractivity (Wildman–Crippen MR) is 68.8 cm³/mol. The Kier molecular flexibility index (Phi) is 4.11. The highest BCUT2D eigenvalue weighted by molar-refractivity contribution is 5.74. The summed E-state index contributed by atoms with van der Waals surface area (Å²) >= 11 is 0. The van der Waals surface area contributed by atoms with Crippen molar-refractivity contribution in [2.24, 2.45) is 0 Å². The zero-order valence-corrected chi connectivity index (χ0v) is 11.4. The van der Waals surface area contributed by atoms with Crippen molar-refractivity contribution in [3.8, 4) is 0 Å². The maximum Gasteiger partial charge on any atom is 0.325 e. The highest BCUT2D eigenvalue weighted by atomic mass is 16.5. The Hall–Kier alpha value is -1.85. The third kappa shape index (κ3) is 3.09. The molecule has 0 fully saturated rings. The third-order valence-electron chi connectivity index (χ3n) is 2.50. The number of hydrogen-bond donors (Lipinski definition) is 0. The summed E-state index contributed by atoms with van der Waals surface area (Å²) in [6.07, 6.45) is 3.19. The summed E-state index contributed by atoms with van der Waals surface area (Å²) in [4.78, 5) is 28.9. The van der Waals surface area contributed by atoms with Gasteiger partial charge in [0.15, 0.2) is 5.82 Å². The molecule has 0 spiro atoms. The summed E-state index contributed by atoms with van der Waals surface area (Å²) in [5, 5.41) is 0. The van der Waals surface area contributed by atoms with E-state index in [1.807, 2.05) is 20.8 Å². The van der Waals surface area contributed by atoms with Gasteiger partial charge in [0.05, 0.1) is 7.11 Å². The van der Waals surface area contributed by atoms with E-state index in [1.165, 1.54) is 12.0 Å². The Morgan fingerprint density at radius 1 is 1.50 bits per heavy atom. The molecule has 1 aromatic rings. The topological polar surface area (TPSA) is 64.4 Å². The second-order valence-corrected chi connectivity index (χ2v) is 5.03. The van der Waals surface area contributed by atoms with E-state index in [9.17, 15) is 9.59 Å². The SMILES string of the molecule is COC(=O)CN(C)c1nccn(C(C)(C)C)c1=O. The molecule has 0 bridgehead atoms. The van der Waals surface area contributed by atoms with Crippen LogP contribution in [-0.4, -0.2) is 36.2 Å². The van der Waals surface area contributed by atoms with Crippen LogP contribution in [0.15, 0.2) is 17.2 Å². The number of aromatic nitrogens is 2. The van der Waals surface area contributed by atoms with Gasteiger partial charge in [-0.1, -0.05) is 0 Å². The van der Waals surface area contributed by atoms with Crippen LogP contribution in [0.3, 0.4) is 0 Å². The fourth-order valence-electron chi connectivity index (χ4n) is 1.52. The van der Waals surface area contributed by atoms with Crippen molar-refractivity contribution in [2.75, 3.05) is 25.6 Å². The third-order valence-corrected chi connectivity index (χ3v) is 2.50. The first-order chi connectivity index (χ1) is 8.27. The zero-order valence-electron chi connectivity index (χ0n) is 11.4. The molecule has 0 saturated heterocycles. The minimum Gasteiger partial charge on any atom is -0.468 e. The molecule has 0 radical (unpaired) electrons. The van der Waals surface area contributed by atoms with E-state index in [0.29, 0.717) is 0 Å². The van der Waals surface area contributed by atoms with Gasteiger partial charge >= 0.3 is 5.97 Å². The number of anilines is 1. The van der Waals surface area contributed by atoms with Gasteiger partial charge in [-0.3, -0.25) is 9.59 Å². The van der Waals surface area contributed by atoms with Crippen molar-refractivity contribution in [2.45, 2.75) is 26.3 Å². The lowest BCUT2D eigenvalue weighted by molar-refractivity contribution is -0.138. The van der Waals surface area contributed by atoms with Crippen molar-refractivity contribution < 1.29 is 9.53 Å². The van der Waals surface area contributed by atoms with E-state index in [0.717, 1.165) is 0 Å². The Labute approximate surface area is 106 Å². The number of likely N-dealkylation sites (N-methyl/N-ethyl adjacent to an activating group) is 1. The number of nitrogens with zero attached hydrogens (tertiary/aromatic N) is 3. The number of methoxy groups -OCH3 is 1. The van der Waals surface area contributed by atoms with E-state index in [2.05, 4.69) is 9.72 Å². The quantitative estimate of drug-likeness (QED) is 0.738. The molecule has 0 aromatic carbocycles.